The highest BCUT2D eigenvalue weighted by Gasteiger charge is 2.27. The summed E-state index contributed by atoms with van der Waals surface area (Å²) in [5.41, 5.74) is 3.60. The van der Waals surface area contributed by atoms with Gasteiger partial charge in [0.15, 0.2) is 0 Å². The second-order valence-electron chi connectivity index (χ2n) is 7.04. The summed E-state index contributed by atoms with van der Waals surface area (Å²) < 4.78 is 41.3. The highest BCUT2D eigenvalue weighted by molar-refractivity contribution is 7.86. The molecule has 0 bridgehead atoms. The molecule has 6 nitrogen and oxygen atoms in total. The first-order valence-corrected chi connectivity index (χ1v) is 10.7. The average Bonchev–Trinajstić information content (AvgIpc) is 2.61. The van der Waals surface area contributed by atoms with Gasteiger partial charge in [-0.3, -0.25) is 4.79 Å². The Bertz CT molecular complexity index is 984. The molecule has 2 aromatic carbocycles. The van der Waals surface area contributed by atoms with E-state index in [1.54, 1.807) is 0 Å². The summed E-state index contributed by atoms with van der Waals surface area (Å²) in [4.78, 5) is 12.4. The fourth-order valence-electron chi connectivity index (χ4n) is 3.07. The van der Waals surface area contributed by atoms with E-state index in [2.05, 4.69) is 5.32 Å². The molecule has 1 N–H and O–H groups in total. The summed E-state index contributed by atoms with van der Waals surface area (Å²) in [6.45, 7) is 5.08. The van der Waals surface area contributed by atoms with E-state index in [0.717, 1.165) is 25.3 Å². The molecule has 0 radical (unpaired) electrons. The fourth-order valence-corrected chi connectivity index (χ4v) is 4.34. The van der Waals surface area contributed by atoms with Gasteiger partial charge in [0.2, 0.25) is 5.91 Å². The number of benzene rings is 2. The van der Waals surface area contributed by atoms with Crippen LogP contribution in [0.15, 0.2) is 30.3 Å². The summed E-state index contributed by atoms with van der Waals surface area (Å²) in [5.74, 6) is -1.06. The third-order valence-corrected chi connectivity index (χ3v) is 6.73. The molecule has 0 saturated carbocycles. The van der Waals surface area contributed by atoms with Crippen molar-refractivity contribution in [2.24, 2.45) is 0 Å². The second-order valence-corrected chi connectivity index (χ2v) is 9.59. The number of amides is 1. The molecule has 9 heteroatoms. The first-order valence-electron chi connectivity index (χ1n) is 8.91. The van der Waals surface area contributed by atoms with E-state index in [1.807, 2.05) is 32.9 Å². The van der Waals surface area contributed by atoms with Crippen LogP contribution in [-0.4, -0.2) is 43.6 Å². The van der Waals surface area contributed by atoms with Gasteiger partial charge in [0, 0.05) is 36.9 Å². The van der Waals surface area contributed by atoms with Crippen LogP contribution in [0, 0.1) is 26.6 Å². The van der Waals surface area contributed by atoms with E-state index in [9.17, 15) is 17.6 Å². The van der Waals surface area contributed by atoms with Gasteiger partial charge in [-0.1, -0.05) is 35.4 Å². The van der Waals surface area contributed by atoms with Crippen LogP contribution in [0.3, 0.4) is 0 Å². The molecule has 0 aromatic heterocycles. The lowest BCUT2D eigenvalue weighted by Gasteiger charge is -2.24. The summed E-state index contributed by atoms with van der Waals surface area (Å²) >= 11 is 5.98. The molecule has 1 amide bonds. The number of nitrogens with one attached hydrogen (secondary N) is 1. The lowest BCUT2D eigenvalue weighted by Crippen LogP contribution is -2.43. The average molecular weight is 442 g/mol. The minimum Gasteiger partial charge on any atom is -0.324 e. The molecule has 0 atom stereocenters. The molecule has 0 fully saturated rings. The third-order valence-electron chi connectivity index (χ3n) is 4.54. The van der Waals surface area contributed by atoms with E-state index in [1.165, 1.54) is 32.3 Å². The summed E-state index contributed by atoms with van der Waals surface area (Å²) in [6, 6.07) is 8.03. The predicted molar refractivity (Wildman–Crippen MR) is 114 cm³/mol. The van der Waals surface area contributed by atoms with Crippen LogP contribution in [0.2, 0.25) is 5.02 Å². The molecule has 158 valence electrons. The third kappa shape index (κ3) is 5.54. The van der Waals surface area contributed by atoms with Crippen molar-refractivity contribution in [3.63, 3.8) is 0 Å². The number of aryl methyl sites for hydroxylation is 3. The molecule has 0 aliphatic heterocycles. The van der Waals surface area contributed by atoms with E-state index >= 15 is 0 Å². The molecule has 29 heavy (non-hydrogen) atoms. The number of hydrogen-bond acceptors (Lipinski definition) is 3. The molecule has 2 aromatic rings. The number of anilines is 1. The van der Waals surface area contributed by atoms with Crippen LogP contribution in [0.1, 0.15) is 22.3 Å². The molecule has 0 heterocycles. The zero-order chi connectivity index (χ0) is 21.9. The maximum absolute atomic E-state index is 14.0. The van der Waals surface area contributed by atoms with Crippen LogP contribution < -0.4 is 5.32 Å². The summed E-state index contributed by atoms with van der Waals surface area (Å²) in [6.07, 6.45) is 0. The normalized spacial score (nSPS) is 11.9. The quantitative estimate of drug-likeness (QED) is 0.713. The van der Waals surface area contributed by atoms with Crippen LogP contribution in [0.4, 0.5) is 10.1 Å². The van der Waals surface area contributed by atoms with E-state index in [0.29, 0.717) is 5.69 Å². The molecule has 0 aliphatic carbocycles. The summed E-state index contributed by atoms with van der Waals surface area (Å²) in [5, 5.41) is 2.91. The Morgan fingerprint density at radius 1 is 1.10 bits per heavy atom. The number of halogens is 2. The zero-order valence-corrected chi connectivity index (χ0v) is 18.7. The van der Waals surface area contributed by atoms with Gasteiger partial charge in [0.05, 0.1) is 6.54 Å². The van der Waals surface area contributed by atoms with Crippen molar-refractivity contribution in [1.82, 2.24) is 8.61 Å². The topological polar surface area (TPSA) is 69.7 Å². The van der Waals surface area contributed by atoms with Crippen molar-refractivity contribution in [2.45, 2.75) is 27.3 Å². The Kier molecular flexibility index (Phi) is 7.40. The molecule has 2 rings (SSSR count). The second kappa shape index (κ2) is 9.21. The summed E-state index contributed by atoms with van der Waals surface area (Å²) in [7, 11) is -1.40. The highest BCUT2D eigenvalue weighted by Crippen LogP contribution is 2.23. The van der Waals surface area contributed by atoms with Crippen LogP contribution >= 0.6 is 11.6 Å². The highest BCUT2D eigenvalue weighted by atomic mass is 35.5. The molecule has 0 spiro atoms. The van der Waals surface area contributed by atoms with Gasteiger partial charge in [0.1, 0.15) is 5.82 Å². The number of likely N-dealkylation sites (N-methyl/N-ethyl adjacent to an activating group) is 1. The predicted octanol–water partition coefficient (Wildman–Crippen LogP) is 3.65. The van der Waals surface area contributed by atoms with Gasteiger partial charge in [0.25, 0.3) is 10.2 Å². The number of rotatable bonds is 7. The molecular weight excluding hydrogens is 417 g/mol. The Morgan fingerprint density at radius 2 is 1.69 bits per heavy atom. The molecule has 0 aliphatic rings. The van der Waals surface area contributed by atoms with Crippen molar-refractivity contribution >= 4 is 33.4 Å². The Labute approximate surface area is 176 Å². The largest absolute Gasteiger partial charge is 0.324 e. The minimum absolute atomic E-state index is 0.0731. The SMILES string of the molecule is Cc1cc(C)c(NC(=O)CN(C)S(=O)(=O)N(C)Cc2c(F)cccc2Cl)c(C)c1. The lowest BCUT2D eigenvalue weighted by atomic mass is 10.1. The van der Waals surface area contributed by atoms with Crippen molar-refractivity contribution in [3.8, 4) is 0 Å². The maximum atomic E-state index is 14.0. The maximum Gasteiger partial charge on any atom is 0.282 e. The van der Waals surface area contributed by atoms with Crippen molar-refractivity contribution < 1.29 is 17.6 Å². The van der Waals surface area contributed by atoms with Gasteiger partial charge < -0.3 is 5.32 Å². The number of carbonyl (C=O) groups excluding carboxylic acids is 1. The molecule has 0 saturated heterocycles. The van der Waals surface area contributed by atoms with E-state index < -0.39 is 21.9 Å². The lowest BCUT2D eigenvalue weighted by molar-refractivity contribution is -0.116. The van der Waals surface area contributed by atoms with Crippen molar-refractivity contribution in [2.75, 3.05) is 26.0 Å². The van der Waals surface area contributed by atoms with Gasteiger partial charge in [-0.25, -0.2) is 4.39 Å². The Morgan fingerprint density at radius 3 is 2.24 bits per heavy atom. The standard InChI is InChI=1S/C20H25ClFN3O3S/c1-13-9-14(2)20(15(3)10-13)23-19(26)12-25(5)29(27,28)24(4)11-16-17(21)7-6-8-18(16)22/h6-10H,11-12H2,1-5H3,(H,23,26). The zero-order valence-electron chi connectivity index (χ0n) is 17.1. The van der Waals surface area contributed by atoms with Crippen molar-refractivity contribution in [1.29, 1.82) is 0 Å². The molecular formula is C20H25ClFN3O3S. The minimum atomic E-state index is -4.00. The first-order chi connectivity index (χ1) is 13.4. The van der Waals surface area contributed by atoms with Crippen LogP contribution in [0.25, 0.3) is 0 Å². The van der Waals surface area contributed by atoms with Crippen LogP contribution in [0.5, 0.6) is 0 Å². The number of hydrogen-bond donors (Lipinski definition) is 1. The van der Waals surface area contributed by atoms with E-state index in [-0.39, 0.29) is 23.7 Å². The van der Waals surface area contributed by atoms with Gasteiger partial charge in [-0.2, -0.15) is 17.0 Å². The number of carbonyl (C=O) groups is 1. The fraction of sp³-hybridized carbons (Fsp3) is 0.350. The molecule has 0 unspecified atom stereocenters. The van der Waals surface area contributed by atoms with E-state index in [4.69, 9.17) is 11.6 Å². The number of nitrogens with zero attached hydrogens (tertiary/aromatic N) is 2. The first kappa shape index (κ1) is 23.3. The van der Waals surface area contributed by atoms with Crippen molar-refractivity contribution in [3.05, 3.63) is 63.4 Å². The smallest absolute Gasteiger partial charge is 0.282 e. The Hall–Kier alpha value is -2.00. The van der Waals surface area contributed by atoms with Gasteiger partial charge in [-0.15, -0.1) is 0 Å². The van der Waals surface area contributed by atoms with Gasteiger partial charge in [-0.05, 0) is 44.0 Å². The van der Waals surface area contributed by atoms with Crippen LogP contribution in [-0.2, 0) is 21.5 Å². The van der Waals surface area contributed by atoms with Gasteiger partial charge >= 0.3 is 0 Å². The monoisotopic (exact) mass is 441 g/mol. The Balaban J connectivity index is 2.10.